The van der Waals surface area contributed by atoms with Crippen molar-refractivity contribution in [1.29, 1.82) is 0 Å². The van der Waals surface area contributed by atoms with Gasteiger partial charge in [0, 0.05) is 39.1 Å². The molecule has 2 aliphatic rings. The van der Waals surface area contributed by atoms with Crippen LogP contribution in [0.1, 0.15) is 44.9 Å². The van der Waals surface area contributed by atoms with E-state index in [0.29, 0.717) is 25.9 Å². The van der Waals surface area contributed by atoms with Crippen LogP contribution in [0.25, 0.3) is 0 Å². The van der Waals surface area contributed by atoms with Crippen LogP contribution in [0.3, 0.4) is 0 Å². The minimum Gasteiger partial charge on any atom is -0.342 e. The zero-order valence-electron chi connectivity index (χ0n) is 13.0. The van der Waals surface area contributed by atoms with Gasteiger partial charge in [0.15, 0.2) is 0 Å². The van der Waals surface area contributed by atoms with E-state index < -0.39 is 10.2 Å². The summed E-state index contributed by atoms with van der Waals surface area (Å²) < 4.78 is 27.5. The van der Waals surface area contributed by atoms with Gasteiger partial charge in [-0.1, -0.05) is 19.3 Å². The maximum absolute atomic E-state index is 12.4. The number of hydrogen-bond donors (Lipinski definition) is 1. The van der Waals surface area contributed by atoms with Crippen LogP contribution in [0.4, 0.5) is 0 Å². The van der Waals surface area contributed by atoms with Crippen molar-refractivity contribution in [2.75, 3.05) is 27.2 Å². The molecule has 21 heavy (non-hydrogen) atoms. The molecule has 1 amide bonds. The summed E-state index contributed by atoms with van der Waals surface area (Å²) in [6, 6.07) is -0.0622. The number of rotatable bonds is 4. The number of carbonyl (C=O) groups is 1. The van der Waals surface area contributed by atoms with Crippen molar-refractivity contribution in [3.8, 4) is 0 Å². The predicted octanol–water partition coefficient (Wildman–Crippen LogP) is 0.954. The lowest BCUT2D eigenvalue weighted by atomic mass is 9.87. The van der Waals surface area contributed by atoms with Crippen LogP contribution >= 0.6 is 0 Å². The van der Waals surface area contributed by atoms with Crippen LogP contribution in [0.2, 0.25) is 0 Å². The van der Waals surface area contributed by atoms with Crippen LogP contribution in [0.15, 0.2) is 0 Å². The largest absolute Gasteiger partial charge is 0.342 e. The third-order valence-corrected chi connectivity index (χ3v) is 6.15. The van der Waals surface area contributed by atoms with Crippen LogP contribution in [0, 0.1) is 5.92 Å². The lowest BCUT2D eigenvalue weighted by Crippen LogP contribution is -2.50. The molecule has 0 aromatic carbocycles. The second-order valence-corrected chi connectivity index (χ2v) is 8.26. The highest BCUT2D eigenvalue weighted by molar-refractivity contribution is 7.87. The van der Waals surface area contributed by atoms with E-state index in [1.165, 1.54) is 24.8 Å². The summed E-state index contributed by atoms with van der Waals surface area (Å²) in [6.07, 6.45) is 7.01. The van der Waals surface area contributed by atoms with Crippen molar-refractivity contribution in [2.24, 2.45) is 5.92 Å². The average Bonchev–Trinajstić information content (AvgIpc) is 2.48. The Morgan fingerprint density at radius 2 is 1.62 bits per heavy atom. The molecule has 1 aliphatic carbocycles. The van der Waals surface area contributed by atoms with E-state index in [0.717, 1.165) is 25.7 Å². The van der Waals surface area contributed by atoms with Crippen molar-refractivity contribution in [2.45, 2.75) is 51.0 Å². The predicted molar refractivity (Wildman–Crippen MR) is 81.9 cm³/mol. The standard InChI is InChI=1S/C14H27N3O3S/c1-16(2)21(19,20)15-13-8-10-17(11-9-13)14(18)12-6-4-3-5-7-12/h12-13,15H,3-11H2,1-2H3. The second kappa shape index (κ2) is 7.07. The van der Waals surface area contributed by atoms with Gasteiger partial charge in [-0.05, 0) is 25.7 Å². The molecular formula is C14H27N3O3S. The van der Waals surface area contributed by atoms with Gasteiger partial charge < -0.3 is 4.90 Å². The highest BCUT2D eigenvalue weighted by Crippen LogP contribution is 2.26. The van der Waals surface area contributed by atoms with Crippen LogP contribution in [-0.4, -0.2) is 56.8 Å². The van der Waals surface area contributed by atoms with E-state index in [1.54, 1.807) is 0 Å². The van der Waals surface area contributed by atoms with E-state index in [2.05, 4.69) is 4.72 Å². The van der Waals surface area contributed by atoms with Gasteiger partial charge in [0.1, 0.15) is 0 Å². The molecule has 0 spiro atoms. The zero-order valence-corrected chi connectivity index (χ0v) is 13.9. The maximum Gasteiger partial charge on any atom is 0.279 e. The third kappa shape index (κ3) is 4.40. The van der Waals surface area contributed by atoms with Crippen molar-refractivity contribution in [1.82, 2.24) is 13.9 Å². The summed E-state index contributed by atoms with van der Waals surface area (Å²) >= 11 is 0. The Morgan fingerprint density at radius 1 is 1.05 bits per heavy atom. The van der Waals surface area contributed by atoms with Crippen LogP contribution in [0.5, 0.6) is 0 Å². The summed E-state index contributed by atoms with van der Waals surface area (Å²) in [6.45, 7) is 1.33. The molecule has 0 bridgehead atoms. The van der Waals surface area contributed by atoms with Gasteiger partial charge in [-0.3, -0.25) is 4.79 Å². The lowest BCUT2D eigenvalue weighted by molar-refractivity contribution is -0.137. The molecule has 0 aromatic rings. The van der Waals surface area contributed by atoms with Gasteiger partial charge in [0.05, 0.1) is 0 Å². The minimum atomic E-state index is -3.38. The summed E-state index contributed by atoms with van der Waals surface area (Å²) in [5, 5.41) is 0. The van der Waals surface area contributed by atoms with Gasteiger partial charge in [-0.15, -0.1) is 0 Å². The number of amides is 1. The van der Waals surface area contributed by atoms with E-state index in [1.807, 2.05) is 4.90 Å². The number of hydrogen-bond acceptors (Lipinski definition) is 3. The third-order valence-electron chi connectivity index (χ3n) is 4.56. The highest BCUT2D eigenvalue weighted by Gasteiger charge is 2.30. The van der Waals surface area contributed by atoms with Gasteiger partial charge in [-0.25, -0.2) is 0 Å². The smallest absolute Gasteiger partial charge is 0.279 e. The van der Waals surface area contributed by atoms with Crippen molar-refractivity contribution in [3.05, 3.63) is 0 Å². The minimum absolute atomic E-state index is 0.0622. The zero-order chi connectivity index (χ0) is 15.5. The fourth-order valence-corrected chi connectivity index (χ4v) is 4.01. The van der Waals surface area contributed by atoms with Gasteiger partial charge in [-0.2, -0.15) is 17.4 Å². The molecule has 0 unspecified atom stereocenters. The number of nitrogens with zero attached hydrogens (tertiary/aromatic N) is 2. The number of nitrogens with one attached hydrogen (secondary N) is 1. The Kier molecular flexibility index (Phi) is 5.62. The monoisotopic (exact) mass is 317 g/mol. The molecule has 2 fully saturated rings. The molecule has 7 heteroatoms. The molecule has 1 saturated heterocycles. The van der Waals surface area contributed by atoms with Crippen molar-refractivity contribution in [3.63, 3.8) is 0 Å². The Balaban J connectivity index is 1.81. The lowest BCUT2D eigenvalue weighted by Gasteiger charge is -2.35. The molecule has 2 rings (SSSR count). The summed E-state index contributed by atoms with van der Waals surface area (Å²) in [4.78, 5) is 14.4. The Bertz CT molecular complexity index is 450. The Morgan fingerprint density at radius 3 is 2.14 bits per heavy atom. The Hall–Kier alpha value is -0.660. The number of carbonyl (C=O) groups excluding carboxylic acids is 1. The second-order valence-electron chi connectivity index (χ2n) is 6.34. The molecule has 1 saturated carbocycles. The van der Waals surface area contributed by atoms with Crippen molar-refractivity contribution >= 4 is 16.1 Å². The molecular weight excluding hydrogens is 290 g/mol. The molecule has 1 heterocycles. The molecule has 1 aliphatic heterocycles. The first-order valence-electron chi connectivity index (χ1n) is 7.88. The van der Waals surface area contributed by atoms with Gasteiger partial charge in [0.2, 0.25) is 5.91 Å². The van der Waals surface area contributed by atoms with Crippen LogP contribution < -0.4 is 4.72 Å². The summed E-state index contributed by atoms with van der Waals surface area (Å²) in [5.41, 5.74) is 0. The maximum atomic E-state index is 12.4. The van der Waals surface area contributed by atoms with E-state index in [9.17, 15) is 13.2 Å². The molecule has 6 nitrogen and oxygen atoms in total. The first-order valence-corrected chi connectivity index (χ1v) is 9.33. The Labute approximate surface area is 128 Å². The van der Waals surface area contributed by atoms with Crippen LogP contribution in [-0.2, 0) is 15.0 Å². The SMILES string of the molecule is CN(C)S(=O)(=O)NC1CCN(C(=O)C2CCCCC2)CC1. The van der Waals surface area contributed by atoms with Crippen molar-refractivity contribution < 1.29 is 13.2 Å². The first-order chi connectivity index (χ1) is 9.90. The normalized spacial score (nSPS) is 22.7. The number of piperidine rings is 1. The number of likely N-dealkylation sites (tertiary alicyclic amines) is 1. The van der Waals surface area contributed by atoms with Gasteiger partial charge >= 0.3 is 0 Å². The fraction of sp³-hybridized carbons (Fsp3) is 0.929. The topological polar surface area (TPSA) is 69.7 Å². The quantitative estimate of drug-likeness (QED) is 0.839. The van der Waals surface area contributed by atoms with E-state index >= 15 is 0 Å². The molecule has 0 atom stereocenters. The first kappa shape index (κ1) is 16.7. The molecule has 122 valence electrons. The fourth-order valence-electron chi connectivity index (χ4n) is 3.14. The van der Waals surface area contributed by atoms with Gasteiger partial charge in [0.25, 0.3) is 10.2 Å². The van der Waals surface area contributed by atoms with E-state index in [-0.39, 0.29) is 17.9 Å². The molecule has 0 aromatic heterocycles. The van der Waals surface area contributed by atoms with E-state index in [4.69, 9.17) is 0 Å². The summed E-state index contributed by atoms with van der Waals surface area (Å²) in [5.74, 6) is 0.484. The highest BCUT2D eigenvalue weighted by atomic mass is 32.2. The summed E-state index contributed by atoms with van der Waals surface area (Å²) in [7, 11) is -0.340. The molecule has 1 N–H and O–H groups in total. The average molecular weight is 317 g/mol. The molecule has 0 radical (unpaired) electrons.